The fraction of sp³-hybridized carbons (Fsp3) is 0.440. The SMILES string of the molecule is CCCCNC(=O)[C@H](C)N(Cc1cccc(OC)c1)C(=O)CSCc1cccc(C)c1. The molecular formula is C25H34N2O3S. The van der Waals surface area contributed by atoms with Crippen LogP contribution in [0.4, 0.5) is 0 Å². The van der Waals surface area contributed by atoms with E-state index in [-0.39, 0.29) is 11.8 Å². The zero-order chi connectivity index (χ0) is 22.6. The van der Waals surface area contributed by atoms with Crippen LogP contribution in [0.1, 0.15) is 43.4 Å². The van der Waals surface area contributed by atoms with Crippen LogP contribution in [0, 0.1) is 6.92 Å². The molecule has 0 bridgehead atoms. The van der Waals surface area contributed by atoms with Crippen molar-refractivity contribution in [3.05, 3.63) is 65.2 Å². The molecule has 0 radical (unpaired) electrons. The molecule has 0 saturated heterocycles. The molecule has 2 aromatic rings. The molecule has 31 heavy (non-hydrogen) atoms. The minimum Gasteiger partial charge on any atom is -0.497 e. The zero-order valence-electron chi connectivity index (χ0n) is 19.0. The molecular weight excluding hydrogens is 408 g/mol. The molecule has 0 spiro atoms. The predicted octanol–water partition coefficient (Wildman–Crippen LogP) is 4.57. The van der Waals surface area contributed by atoms with Gasteiger partial charge in [-0.3, -0.25) is 9.59 Å². The Morgan fingerprint density at radius 2 is 1.87 bits per heavy atom. The molecule has 2 amide bonds. The fourth-order valence-electron chi connectivity index (χ4n) is 3.23. The first kappa shape index (κ1) is 24.8. The highest BCUT2D eigenvalue weighted by molar-refractivity contribution is 7.99. The maximum atomic E-state index is 13.1. The quantitative estimate of drug-likeness (QED) is 0.489. The largest absolute Gasteiger partial charge is 0.497 e. The summed E-state index contributed by atoms with van der Waals surface area (Å²) in [5, 5.41) is 2.95. The summed E-state index contributed by atoms with van der Waals surface area (Å²) in [6, 6.07) is 15.4. The van der Waals surface area contributed by atoms with Gasteiger partial charge in [-0.15, -0.1) is 11.8 Å². The topological polar surface area (TPSA) is 58.6 Å². The number of thioether (sulfide) groups is 1. The Kier molecular flexibility index (Phi) is 10.4. The summed E-state index contributed by atoms with van der Waals surface area (Å²) in [4.78, 5) is 27.5. The number of methoxy groups -OCH3 is 1. The summed E-state index contributed by atoms with van der Waals surface area (Å²) in [5.41, 5.74) is 3.34. The first-order chi connectivity index (χ1) is 14.9. The molecule has 0 aliphatic heterocycles. The van der Waals surface area contributed by atoms with Crippen LogP contribution >= 0.6 is 11.8 Å². The third-order valence-corrected chi connectivity index (χ3v) is 6.05. The van der Waals surface area contributed by atoms with Crippen molar-refractivity contribution < 1.29 is 14.3 Å². The van der Waals surface area contributed by atoms with E-state index in [1.807, 2.05) is 30.3 Å². The minimum absolute atomic E-state index is 0.0429. The van der Waals surface area contributed by atoms with Crippen LogP contribution in [0.3, 0.4) is 0 Å². The molecule has 1 atom stereocenters. The number of unbranched alkanes of at least 4 members (excludes halogenated alkanes) is 1. The molecule has 2 aromatic carbocycles. The number of benzene rings is 2. The van der Waals surface area contributed by atoms with Crippen molar-refractivity contribution in [1.82, 2.24) is 10.2 Å². The van der Waals surface area contributed by atoms with Gasteiger partial charge in [0, 0.05) is 18.8 Å². The van der Waals surface area contributed by atoms with Crippen LogP contribution < -0.4 is 10.1 Å². The lowest BCUT2D eigenvalue weighted by Crippen LogP contribution is -2.48. The predicted molar refractivity (Wildman–Crippen MR) is 128 cm³/mol. The number of nitrogens with zero attached hydrogens (tertiary/aromatic N) is 1. The lowest BCUT2D eigenvalue weighted by Gasteiger charge is -2.29. The lowest BCUT2D eigenvalue weighted by molar-refractivity contribution is -0.138. The van der Waals surface area contributed by atoms with Crippen molar-refractivity contribution in [3.63, 3.8) is 0 Å². The number of hydrogen-bond acceptors (Lipinski definition) is 4. The number of carbonyl (C=O) groups is 2. The van der Waals surface area contributed by atoms with Gasteiger partial charge in [0.05, 0.1) is 12.9 Å². The Hall–Kier alpha value is -2.47. The van der Waals surface area contributed by atoms with Gasteiger partial charge in [-0.05, 0) is 43.5 Å². The van der Waals surface area contributed by atoms with Crippen molar-refractivity contribution in [2.24, 2.45) is 0 Å². The van der Waals surface area contributed by atoms with Gasteiger partial charge in [0.1, 0.15) is 11.8 Å². The second-order valence-corrected chi connectivity index (χ2v) is 8.66. The van der Waals surface area contributed by atoms with E-state index in [0.29, 0.717) is 18.8 Å². The average molecular weight is 443 g/mol. The van der Waals surface area contributed by atoms with Crippen LogP contribution in [0.15, 0.2) is 48.5 Å². The molecule has 1 N–H and O–H groups in total. The van der Waals surface area contributed by atoms with E-state index in [2.05, 4.69) is 37.4 Å². The Morgan fingerprint density at radius 1 is 1.13 bits per heavy atom. The monoisotopic (exact) mass is 442 g/mol. The third-order valence-electron chi connectivity index (χ3n) is 5.06. The zero-order valence-corrected chi connectivity index (χ0v) is 19.8. The summed E-state index contributed by atoms with van der Waals surface area (Å²) in [6.45, 7) is 6.94. The lowest BCUT2D eigenvalue weighted by atomic mass is 10.1. The Bertz CT molecular complexity index is 856. The van der Waals surface area contributed by atoms with Crippen LogP contribution in [0.2, 0.25) is 0 Å². The second-order valence-electron chi connectivity index (χ2n) is 7.68. The smallest absolute Gasteiger partial charge is 0.242 e. The van der Waals surface area contributed by atoms with Gasteiger partial charge in [0.25, 0.3) is 0 Å². The molecule has 2 rings (SSSR count). The molecule has 6 heteroatoms. The first-order valence-electron chi connectivity index (χ1n) is 10.8. The average Bonchev–Trinajstić information content (AvgIpc) is 2.77. The van der Waals surface area contributed by atoms with Crippen LogP contribution in [-0.4, -0.2) is 42.2 Å². The van der Waals surface area contributed by atoms with Gasteiger partial charge >= 0.3 is 0 Å². The molecule has 0 saturated carbocycles. The van der Waals surface area contributed by atoms with Crippen LogP contribution in [0.25, 0.3) is 0 Å². The number of hydrogen-bond donors (Lipinski definition) is 1. The van der Waals surface area contributed by atoms with Gasteiger partial charge in [-0.1, -0.05) is 55.3 Å². The molecule has 0 fully saturated rings. The Balaban J connectivity index is 2.07. The Labute approximate surface area is 190 Å². The van der Waals surface area contributed by atoms with Crippen molar-refractivity contribution >= 4 is 23.6 Å². The molecule has 0 aliphatic rings. The summed E-state index contributed by atoms with van der Waals surface area (Å²) in [5.74, 6) is 1.66. The van der Waals surface area contributed by atoms with Crippen molar-refractivity contribution in [2.75, 3.05) is 19.4 Å². The van der Waals surface area contributed by atoms with E-state index in [9.17, 15) is 9.59 Å². The number of nitrogens with one attached hydrogen (secondary N) is 1. The van der Waals surface area contributed by atoms with E-state index in [0.717, 1.165) is 29.9 Å². The van der Waals surface area contributed by atoms with Crippen LogP contribution in [-0.2, 0) is 21.9 Å². The van der Waals surface area contributed by atoms with Crippen molar-refractivity contribution in [1.29, 1.82) is 0 Å². The van der Waals surface area contributed by atoms with Gasteiger partial charge in [0.15, 0.2) is 0 Å². The van der Waals surface area contributed by atoms with Gasteiger partial charge in [-0.25, -0.2) is 0 Å². The summed E-state index contributed by atoms with van der Waals surface area (Å²) in [6.07, 6.45) is 1.94. The number of ether oxygens (including phenoxy) is 1. The van der Waals surface area contributed by atoms with E-state index >= 15 is 0 Å². The molecule has 168 valence electrons. The molecule has 0 aromatic heterocycles. The van der Waals surface area contributed by atoms with Crippen LogP contribution in [0.5, 0.6) is 5.75 Å². The first-order valence-corrected chi connectivity index (χ1v) is 11.9. The molecule has 0 unspecified atom stereocenters. The Morgan fingerprint density at radius 3 is 2.58 bits per heavy atom. The minimum atomic E-state index is -0.546. The fourth-order valence-corrected chi connectivity index (χ4v) is 4.09. The van der Waals surface area contributed by atoms with E-state index in [4.69, 9.17) is 4.74 Å². The van der Waals surface area contributed by atoms with Gasteiger partial charge in [-0.2, -0.15) is 0 Å². The maximum absolute atomic E-state index is 13.1. The third kappa shape index (κ3) is 8.29. The number of carbonyl (C=O) groups excluding carboxylic acids is 2. The molecule has 5 nitrogen and oxygen atoms in total. The normalized spacial score (nSPS) is 11.6. The maximum Gasteiger partial charge on any atom is 0.242 e. The molecule has 0 aliphatic carbocycles. The second kappa shape index (κ2) is 13.1. The van der Waals surface area contributed by atoms with E-state index in [1.165, 1.54) is 11.1 Å². The number of aryl methyl sites for hydroxylation is 1. The number of amides is 2. The summed E-state index contributed by atoms with van der Waals surface area (Å²) < 4.78 is 5.31. The summed E-state index contributed by atoms with van der Waals surface area (Å²) in [7, 11) is 1.62. The van der Waals surface area contributed by atoms with E-state index < -0.39 is 6.04 Å². The highest BCUT2D eigenvalue weighted by Crippen LogP contribution is 2.19. The van der Waals surface area contributed by atoms with Gasteiger partial charge in [0.2, 0.25) is 11.8 Å². The summed E-state index contributed by atoms with van der Waals surface area (Å²) >= 11 is 1.57. The van der Waals surface area contributed by atoms with Crippen molar-refractivity contribution in [3.8, 4) is 5.75 Å². The van der Waals surface area contributed by atoms with Crippen molar-refractivity contribution in [2.45, 2.75) is 52.0 Å². The standard InChI is InChI=1S/C25H34N2O3S/c1-5-6-13-26-25(29)20(3)27(16-21-10-8-12-23(15-21)30-4)24(28)18-31-17-22-11-7-9-19(2)14-22/h7-12,14-15,20H,5-6,13,16-18H2,1-4H3,(H,26,29)/t20-/m0/s1. The highest BCUT2D eigenvalue weighted by atomic mass is 32.2. The number of rotatable bonds is 12. The molecule has 0 heterocycles. The van der Waals surface area contributed by atoms with E-state index in [1.54, 1.807) is 30.7 Å². The van der Waals surface area contributed by atoms with Gasteiger partial charge < -0.3 is 15.0 Å². The highest BCUT2D eigenvalue weighted by Gasteiger charge is 2.26.